The van der Waals surface area contributed by atoms with Gasteiger partial charge in [0.05, 0.1) is 12.6 Å². The number of rotatable bonds is 4. The van der Waals surface area contributed by atoms with Crippen molar-refractivity contribution in [3.63, 3.8) is 0 Å². The van der Waals surface area contributed by atoms with E-state index in [0.29, 0.717) is 6.54 Å². The first-order valence-electron chi connectivity index (χ1n) is 7.12. The van der Waals surface area contributed by atoms with Gasteiger partial charge in [-0.1, -0.05) is 12.1 Å². The number of hydrogen-bond donors (Lipinski definition) is 1. The molecule has 1 saturated heterocycles. The van der Waals surface area contributed by atoms with Gasteiger partial charge in [-0.2, -0.15) is 5.26 Å². The summed E-state index contributed by atoms with van der Waals surface area (Å²) >= 11 is 1.63. The Hall–Kier alpha value is -1.51. The lowest BCUT2D eigenvalue weighted by atomic mass is 9.97. The molecule has 1 amide bonds. The number of carbonyl (C=O) groups excluding carboxylic acids is 1. The number of aryl methyl sites for hydroxylation is 1. The van der Waals surface area contributed by atoms with Crippen LogP contribution in [0.15, 0.2) is 24.3 Å². The van der Waals surface area contributed by atoms with Crippen LogP contribution in [0, 0.1) is 18.3 Å². The molecule has 4 nitrogen and oxygen atoms in total. The van der Waals surface area contributed by atoms with Gasteiger partial charge in [0.25, 0.3) is 0 Å². The van der Waals surface area contributed by atoms with Gasteiger partial charge in [0, 0.05) is 18.8 Å². The summed E-state index contributed by atoms with van der Waals surface area (Å²) in [6, 6.07) is 10.2. The summed E-state index contributed by atoms with van der Waals surface area (Å²) in [6.45, 7) is 4.00. The van der Waals surface area contributed by atoms with E-state index < -0.39 is 0 Å². The van der Waals surface area contributed by atoms with Crippen molar-refractivity contribution in [2.75, 3.05) is 31.2 Å². The van der Waals surface area contributed by atoms with Crippen LogP contribution in [0.4, 0.5) is 5.69 Å². The quantitative estimate of drug-likeness (QED) is 0.929. The van der Waals surface area contributed by atoms with E-state index in [4.69, 9.17) is 0 Å². The van der Waals surface area contributed by atoms with Crippen LogP contribution in [-0.4, -0.2) is 41.4 Å². The lowest BCUT2D eigenvalue weighted by Crippen LogP contribution is -2.44. The maximum absolute atomic E-state index is 12.1. The smallest absolute Gasteiger partial charge is 0.238 e. The van der Waals surface area contributed by atoms with Crippen molar-refractivity contribution in [1.82, 2.24) is 4.90 Å². The van der Waals surface area contributed by atoms with Crippen molar-refractivity contribution in [1.29, 1.82) is 5.26 Å². The summed E-state index contributed by atoms with van der Waals surface area (Å²) in [5.41, 5.74) is 1.97. The third-order valence-corrected chi connectivity index (χ3v) is 5.21. The minimum absolute atomic E-state index is 0.00853. The van der Waals surface area contributed by atoms with Crippen molar-refractivity contribution in [3.05, 3.63) is 29.8 Å². The number of carbonyl (C=O) groups is 1. The Morgan fingerprint density at radius 2 is 2.19 bits per heavy atom. The third kappa shape index (κ3) is 4.23. The molecule has 21 heavy (non-hydrogen) atoms. The third-order valence-electron chi connectivity index (χ3n) is 3.93. The topological polar surface area (TPSA) is 56.1 Å². The van der Waals surface area contributed by atoms with E-state index in [0.717, 1.165) is 37.2 Å². The summed E-state index contributed by atoms with van der Waals surface area (Å²) in [5.74, 6) is 0.00853. The van der Waals surface area contributed by atoms with Crippen LogP contribution >= 0.6 is 11.8 Å². The number of likely N-dealkylation sites (tertiary alicyclic amines) is 1. The molecule has 5 heteroatoms. The maximum Gasteiger partial charge on any atom is 0.238 e. The van der Waals surface area contributed by atoms with Crippen LogP contribution in [0.2, 0.25) is 0 Å². The van der Waals surface area contributed by atoms with Gasteiger partial charge < -0.3 is 5.32 Å². The van der Waals surface area contributed by atoms with Gasteiger partial charge in [-0.25, -0.2) is 0 Å². The minimum atomic E-state index is -0.260. The fourth-order valence-corrected chi connectivity index (χ4v) is 3.24. The Morgan fingerprint density at radius 1 is 1.48 bits per heavy atom. The molecule has 0 spiro atoms. The first kappa shape index (κ1) is 15.9. The monoisotopic (exact) mass is 303 g/mol. The highest BCUT2D eigenvalue weighted by molar-refractivity contribution is 8.00. The van der Waals surface area contributed by atoms with E-state index in [1.165, 1.54) is 0 Å². The number of nitrogens with one attached hydrogen (secondary N) is 1. The van der Waals surface area contributed by atoms with Gasteiger partial charge in [-0.15, -0.1) is 11.8 Å². The molecule has 0 unspecified atom stereocenters. The molecule has 1 heterocycles. The Labute approximate surface area is 130 Å². The molecule has 0 aliphatic carbocycles. The molecule has 1 aromatic carbocycles. The Morgan fingerprint density at radius 3 is 2.76 bits per heavy atom. The second kappa shape index (κ2) is 6.97. The van der Waals surface area contributed by atoms with Crippen molar-refractivity contribution in [2.24, 2.45) is 0 Å². The zero-order valence-corrected chi connectivity index (χ0v) is 13.4. The zero-order chi connectivity index (χ0) is 15.3. The summed E-state index contributed by atoms with van der Waals surface area (Å²) in [6.07, 6.45) is 3.63. The number of nitrogens with zero attached hydrogens (tertiary/aromatic N) is 2. The molecule has 1 aromatic rings. The SMILES string of the molecule is CSC1(C#N)CCN(CC(=O)Nc2cccc(C)c2)CC1. The fraction of sp³-hybridized carbons (Fsp3) is 0.500. The zero-order valence-electron chi connectivity index (χ0n) is 12.6. The van der Waals surface area contributed by atoms with Crippen LogP contribution in [0.1, 0.15) is 18.4 Å². The predicted octanol–water partition coefficient (Wildman–Crippen LogP) is 2.65. The predicted molar refractivity (Wildman–Crippen MR) is 87.3 cm³/mol. The van der Waals surface area contributed by atoms with Crippen LogP contribution < -0.4 is 5.32 Å². The molecular formula is C16H21N3OS. The van der Waals surface area contributed by atoms with Crippen molar-refractivity contribution < 1.29 is 4.79 Å². The first-order chi connectivity index (χ1) is 10.1. The normalized spacial score (nSPS) is 18.0. The first-order valence-corrected chi connectivity index (χ1v) is 8.35. The average molecular weight is 303 g/mol. The molecule has 2 rings (SSSR count). The average Bonchev–Trinajstić information content (AvgIpc) is 2.48. The Bertz CT molecular complexity index is 545. The van der Waals surface area contributed by atoms with Crippen LogP contribution in [-0.2, 0) is 4.79 Å². The summed E-state index contributed by atoms with van der Waals surface area (Å²) < 4.78 is -0.260. The second-order valence-electron chi connectivity index (χ2n) is 5.50. The second-order valence-corrected chi connectivity index (χ2v) is 6.69. The van der Waals surface area contributed by atoms with Crippen molar-refractivity contribution in [2.45, 2.75) is 24.5 Å². The van der Waals surface area contributed by atoms with E-state index in [1.54, 1.807) is 11.8 Å². The molecule has 1 aliphatic heterocycles. The summed E-state index contributed by atoms with van der Waals surface area (Å²) in [7, 11) is 0. The summed E-state index contributed by atoms with van der Waals surface area (Å²) in [5, 5.41) is 12.2. The van der Waals surface area contributed by atoms with Gasteiger partial charge in [-0.05, 0) is 43.7 Å². The van der Waals surface area contributed by atoms with Gasteiger partial charge >= 0.3 is 0 Å². The lowest BCUT2D eigenvalue weighted by Gasteiger charge is -2.35. The van der Waals surface area contributed by atoms with E-state index in [1.807, 2.05) is 37.4 Å². The van der Waals surface area contributed by atoms with E-state index >= 15 is 0 Å². The van der Waals surface area contributed by atoms with Gasteiger partial charge in [0.15, 0.2) is 0 Å². The van der Waals surface area contributed by atoms with Crippen molar-refractivity contribution in [3.8, 4) is 6.07 Å². The van der Waals surface area contributed by atoms with Crippen LogP contribution in [0.25, 0.3) is 0 Å². The van der Waals surface area contributed by atoms with E-state index in [2.05, 4.69) is 16.3 Å². The number of thioether (sulfide) groups is 1. The number of hydrogen-bond acceptors (Lipinski definition) is 4. The molecule has 112 valence electrons. The molecule has 0 radical (unpaired) electrons. The highest BCUT2D eigenvalue weighted by Crippen LogP contribution is 2.33. The van der Waals surface area contributed by atoms with E-state index in [9.17, 15) is 10.1 Å². The lowest BCUT2D eigenvalue weighted by molar-refractivity contribution is -0.117. The highest BCUT2D eigenvalue weighted by Gasteiger charge is 2.34. The Kier molecular flexibility index (Phi) is 5.27. The van der Waals surface area contributed by atoms with Gasteiger partial charge in [-0.3, -0.25) is 9.69 Å². The van der Waals surface area contributed by atoms with E-state index in [-0.39, 0.29) is 10.7 Å². The Balaban J connectivity index is 1.84. The van der Waals surface area contributed by atoms with Crippen LogP contribution in [0.3, 0.4) is 0 Å². The molecule has 0 saturated carbocycles. The molecule has 0 aromatic heterocycles. The highest BCUT2D eigenvalue weighted by atomic mass is 32.2. The molecule has 0 atom stereocenters. The number of piperidine rings is 1. The largest absolute Gasteiger partial charge is 0.325 e. The molecule has 1 fully saturated rings. The number of benzene rings is 1. The van der Waals surface area contributed by atoms with Gasteiger partial charge in [0.1, 0.15) is 4.75 Å². The molecule has 1 N–H and O–H groups in total. The van der Waals surface area contributed by atoms with Crippen LogP contribution in [0.5, 0.6) is 0 Å². The van der Waals surface area contributed by atoms with Gasteiger partial charge in [0.2, 0.25) is 5.91 Å². The number of nitriles is 1. The number of anilines is 1. The molecular weight excluding hydrogens is 282 g/mol. The fourth-order valence-electron chi connectivity index (χ4n) is 2.56. The van der Waals surface area contributed by atoms with Crippen molar-refractivity contribution >= 4 is 23.4 Å². The molecule has 1 aliphatic rings. The standard InChI is InChI=1S/C16H21N3OS/c1-13-4-3-5-14(10-13)18-15(20)11-19-8-6-16(12-17,21-2)7-9-19/h3-5,10H,6-9,11H2,1-2H3,(H,18,20). The molecule has 0 bridgehead atoms. The minimum Gasteiger partial charge on any atom is -0.325 e. The maximum atomic E-state index is 12.1. The summed E-state index contributed by atoms with van der Waals surface area (Å²) in [4.78, 5) is 14.2. The number of amides is 1.